The molecule has 0 heterocycles. The Morgan fingerprint density at radius 3 is 2.92 bits per heavy atom. The first-order valence-corrected chi connectivity index (χ1v) is 4.96. The van der Waals surface area contributed by atoms with Crippen LogP contribution < -0.4 is 5.32 Å². The first-order valence-electron chi connectivity index (χ1n) is 3.84. The minimum Gasteiger partial charge on any atom is -0.351 e. The summed E-state index contributed by atoms with van der Waals surface area (Å²) in [6, 6.07) is 5.61. The van der Waals surface area contributed by atoms with Gasteiger partial charge in [0.25, 0.3) is 5.91 Å². The average Bonchev–Trinajstić information content (AvgIpc) is 2.14. The van der Waals surface area contributed by atoms with E-state index >= 15 is 0 Å². The quantitative estimate of drug-likeness (QED) is 0.811. The van der Waals surface area contributed by atoms with Crippen LogP contribution in [-0.2, 0) is 0 Å². The SMILES string of the molecule is O=C(NCCBr)c1cccc(F)c1. The lowest BCUT2D eigenvalue weighted by molar-refractivity contribution is 0.0956. The number of rotatable bonds is 3. The van der Waals surface area contributed by atoms with Crippen LogP contribution in [0.25, 0.3) is 0 Å². The molecule has 0 radical (unpaired) electrons. The van der Waals surface area contributed by atoms with Crippen LogP contribution in [0.15, 0.2) is 24.3 Å². The lowest BCUT2D eigenvalue weighted by atomic mass is 10.2. The van der Waals surface area contributed by atoms with Gasteiger partial charge in [0.1, 0.15) is 5.82 Å². The number of hydrogen-bond acceptors (Lipinski definition) is 1. The zero-order chi connectivity index (χ0) is 9.68. The van der Waals surface area contributed by atoms with Crippen molar-refractivity contribution in [3.8, 4) is 0 Å². The fourth-order valence-electron chi connectivity index (χ4n) is 0.893. The third-order valence-electron chi connectivity index (χ3n) is 1.47. The number of benzene rings is 1. The maximum absolute atomic E-state index is 12.7. The molecule has 0 unspecified atom stereocenters. The van der Waals surface area contributed by atoms with Crippen molar-refractivity contribution in [3.63, 3.8) is 0 Å². The highest BCUT2D eigenvalue weighted by molar-refractivity contribution is 9.09. The van der Waals surface area contributed by atoms with Crippen molar-refractivity contribution in [2.75, 3.05) is 11.9 Å². The molecule has 0 saturated heterocycles. The summed E-state index contributed by atoms with van der Waals surface area (Å²) in [4.78, 5) is 11.3. The van der Waals surface area contributed by atoms with E-state index in [1.165, 1.54) is 18.2 Å². The Hall–Kier alpha value is -0.900. The molecule has 1 N–H and O–H groups in total. The largest absolute Gasteiger partial charge is 0.351 e. The van der Waals surface area contributed by atoms with Gasteiger partial charge in [-0.1, -0.05) is 22.0 Å². The van der Waals surface area contributed by atoms with Crippen molar-refractivity contribution < 1.29 is 9.18 Å². The van der Waals surface area contributed by atoms with Gasteiger partial charge in [-0.3, -0.25) is 4.79 Å². The van der Waals surface area contributed by atoms with Gasteiger partial charge in [0.15, 0.2) is 0 Å². The van der Waals surface area contributed by atoms with Crippen LogP contribution in [0, 0.1) is 5.82 Å². The summed E-state index contributed by atoms with van der Waals surface area (Å²) in [6.45, 7) is 0.537. The molecule has 13 heavy (non-hydrogen) atoms. The molecular formula is C9H9BrFNO. The second-order valence-electron chi connectivity index (χ2n) is 2.46. The molecule has 0 atom stereocenters. The average molecular weight is 246 g/mol. The molecule has 0 saturated carbocycles. The van der Waals surface area contributed by atoms with Crippen molar-refractivity contribution in [1.82, 2.24) is 5.32 Å². The Bertz CT molecular complexity index is 303. The molecule has 1 rings (SSSR count). The van der Waals surface area contributed by atoms with Gasteiger partial charge >= 0.3 is 0 Å². The van der Waals surface area contributed by atoms with Crippen molar-refractivity contribution in [2.45, 2.75) is 0 Å². The maximum Gasteiger partial charge on any atom is 0.251 e. The summed E-state index contributed by atoms with van der Waals surface area (Å²) in [5.41, 5.74) is 0.348. The van der Waals surface area contributed by atoms with Crippen molar-refractivity contribution >= 4 is 21.8 Å². The number of alkyl halides is 1. The summed E-state index contributed by atoms with van der Waals surface area (Å²) in [5, 5.41) is 3.31. The summed E-state index contributed by atoms with van der Waals surface area (Å²) in [5.74, 6) is -0.648. The number of hydrogen-bond donors (Lipinski definition) is 1. The molecule has 1 aromatic carbocycles. The van der Waals surface area contributed by atoms with E-state index in [0.29, 0.717) is 17.4 Å². The maximum atomic E-state index is 12.7. The lowest BCUT2D eigenvalue weighted by Gasteiger charge is -2.02. The van der Waals surface area contributed by atoms with Crippen LogP contribution in [0.3, 0.4) is 0 Å². The predicted octanol–water partition coefficient (Wildman–Crippen LogP) is 1.95. The molecule has 0 aromatic heterocycles. The molecule has 1 aromatic rings. The topological polar surface area (TPSA) is 29.1 Å². The van der Waals surface area contributed by atoms with Gasteiger partial charge in [-0.25, -0.2) is 4.39 Å². The Labute approximate surface area is 84.3 Å². The van der Waals surface area contributed by atoms with E-state index < -0.39 is 5.82 Å². The smallest absolute Gasteiger partial charge is 0.251 e. The van der Waals surface area contributed by atoms with Gasteiger partial charge in [-0.2, -0.15) is 0 Å². The summed E-state index contributed by atoms with van der Waals surface area (Å²) in [7, 11) is 0. The Balaban J connectivity index is 2.66. The van der Waals surface area contributed by atoms with E-state index in [9.17, 15) is 9.18 Å². The molecule has 1 amide bonds. The van der Waals surface area contributed by atoms with Gasteiger partial charge in [0, 0.05) is 17.4 Å². The van der Waals surface area contributed by atoms with E-state index in [1.807, 2.05) is 0 Å². The predicted molar refractivity (Wildman–Crippen MR) is 52.5 cm³/mol. The minimum absolute atomic E-state index is 0.251. The van der Waals surface area contributed by atoms with Gasteiger partial charge in [-0.05, 0) is 18.2 Å². The van der Waals surface area contributed by atoms with Crippen LogP contribution in [0.5, 0.6) is 0 Å². The molecule has 70 valence electrons. The monoisotopic (exact) mass is 245 g/mol. The molecular weight excluding hydrogens is 237 g/mol. The van der Waals surface area contributed by atoms with Crippen molar-refractivity contribution in [3.05, 3.63) is 35.6 Å². The standard InChI is InChI=1S/C9H9BrFNO/c10-4-5-12-9(13)7-2-1-3-8(11)6-7/h1-3,6H,4-5H2,(H,12,13). The van der Waals surface area contributed by atoms with E-state index in [0.717, 1.165) is 0 Å². The molecule has 4 heteroatoms. The second-order valence-corrected chi connectivity index (χ2v) is 3.25. The molecule has 0 aliphatic carbocycles. The number of amides is 1. The number of carbonyl (C=O) groups is 1. The van der Waals surface area contributed by atoms with E-state index in [2.05, 4.69) is 21.2 Å². The molecule has 0 aliphatic heterocycles. The van der Waals surface area contributed by atoms with Gasteiger partial charge < -0.3 is 5.32 Å². The summed E-state index contributed by atoms with van der Waals surface area (Å²) < 4.78 is 12.7. The van der Waals surface area contributed by atoms with E-state index in [4.69, 9.17) is 0 Å². The first-order chi connectivity index (χ1) is 6.24. The van der Waals surface area contributed by atoms with Crippen molar-refractivity contribution in [1.29, 1.82) is 0 Å². The molecule has 0 bridgehead atoms. The number of carbonyl (C=O) groups excluding carboxylic acids is 1. The molecule has 0 aliphatic rings. The zero-order valence-electron chi connectivity index (χ0n) is 6.89. The minimum atomic E-state index is -0.397. The Kier molecular flexibility index (Phi) is 3.89. The Morgan fingerprint density at radius 2 is 2.31 bits per heavy atom. The first kappa shape index (κ1) is 10.2. The zero-order valence-corrected chi connectivity index (χ0v) is 8.47. The molecule has 0 spiro atoms. The van der Waals surface area contributed by atoms with Crippen LogP contribution in [0.1, 0.15) is 10.4 Å². The second kappa shape index (κ2) is 4.97. The van der Waals surface area contributed by atoms with Gasteiger partial charge in [-0.15, -0.1) is 0 Å². The van der Waals surface area contributed by atoms with Crippen LogP contribution in [0.4, 0.5) is 4.39 Å². The Morgan fingerprint density at radius 1 is 1.54 bits per heavy atom. The van der Waals surface area contributed by atoms with Crippen LogP contribution in [0.2, 0.25) is 0 Å². The number of halogens is 2. The van der Waals surface area contributed by atoms with Gasteiger partial charge in [0.05, 0.1) is 0 Å². The van der Waals surface area contributed by atoms with E-state index in [1.54, 1.807) is 6.07 Å². The fourth-order valence-corrected chi connectivity index (χ4v) is 1.09. The van der Waals surface area contributed by atoms with E-state index in [-0.39, 0.29) is 5.91 Å². The summed E-state index contributed by atoms with van der Waals surface area (Å²) in [6.07, 6.45) is 0. The van der Waals surface area contributed by atoms with Crippen molar-refractivity contribution in [2.24, 2.45) is 0 Å². The fraction of sp³-hybridized carbons (Fsp3) is 0.222. The van der Waals surface area contributed by atoms with Crippen LogP contribution >= 0.6 is 15.9 Å². The third kappa shape index (κ3) is 3.14. The normalized spacial score (nSPS) is 9.69. The summed E-state index contributed by atoms with van der Waals surface area (Å²) >= 11 is 3.18. The number of nitrogens with one attached hydrogen (secondary N) is 1. The highest BCUT2D eigenvalue weighted by Gasteiger charge is 2.04. The highest BCUT2D eigenvalue weighted by Crippen LogP contribution is 2.02. The lowest BCUT2D eigenvalue weighted by Crippen LogP contribution is -2.25. The third-order valence-corrected chi connectivity index (χ3v) is 1.86. The van der Waals surface area contributed by atoms with Gasteiger partial charge in [0.2, 0.25) is 0 Å². The highest BCUT2D eigenvalue weighted by atomic mass is 79.9. The molecule has 2 nitrogen and oxygen atoms in total. The molecule has 0 fully saturated rings. The van der Waals surface area contributed by atoms with Crippen LogP contribution in [-0.4, -0.2) is 17.8 Å².